The minimum Gasteiger partial charge on any atom is -0.370 e. The summed E-state index contributed by atoms with van der Waals surface area (Å²) in [4.78, 5) is 13.7. The summed E-state index contributed by atoms with van der Waals surface area (Å²) < 4.78 is 1.01. The van der Waals surface area contributed by atoms with Crippen LogP contribution in [0, 0.1) is 6.92 Å². The van der Waals surface area contributed by atoms with Gasteiger partial charge in [0.15, 0.2) is 4.34 Å². The number of hydrogen-bond acceptors (Lipinski definition) is 6. The SMILES string of the molecule is CCNc1nc(C(C)(C)C)nc(Sc2nccs2)c1C. The molecule has 0 bridgehead atoms. The van der Waals surface area contributed by atoms with Crippen LogP contribution in [0.3, 0.4) is 0 Å². The minimum absolute atomic E-state index is 0.0734. The average molecular weight is 308 g/mol. The third-order valence-electron chi connectivity index (χ3n) is 2.71. The molecule has 2 rings (SSSR count). The molecule has 0 spiro atoms. The van der Waals surface area contributed by atoms with E-state index in [9.17, 15) is 0 Å². The Morgan fingerprint density at radius 2 is 2.05 bits per heavy atom. The number of anilines is 1. The molecular weight excluding hydrogens is 288 g/mol. The number of aromatic nitrogens is 3. The van der Waals surface area contributed by atoms with Crippen LogP contribution in [0.25, 0.3) is 0 Å². The zero-order valence-electron chi connectivity index (χ0n) is 12.5. The highest BCUT2D eigenvalue weighted by Crippen LogP contribution is 2.34. The van der Waals surface area contributed by atoms with E-state index >= 15 is 0 Å². The molecule has 0 aromatic carbocycles. The van der Waals surface area contributed by atoms with Gasteiger partial charge in [0.2, 0.25) is 0 Å². The molecule has 0 aliphatic heterocycles. The van der Waals surface area contributed by atoms with Gasteiger partial charge in [-0.1, -0.05) is 20.8 Å². The molecule has 0 aliphatic rings. The van der Waals surface area contributed by atoms with Crippen LogP contribution in [-0.4, -0.2) is 21.5 Å². The number of thiazole rings is 1. The molecule has 1 N–H and O–H groups in total. The lowest BCUT2D eigenvalue weighted by atomic mass is 9.95. The van der Waals surface area contributed by atoms with Gasteiger partial charge in [0.25, 0.3) is 0 Å². The minimum atomic E-state index is -0.0734. The molecule has 20 heavy (non-hydrogen) atoms. The Balaban J connectivity index is 2.45. The first kappa shape index (κ1) is 15.3. The molecule has 0 amide bonds. The Labute approximate surface area is 128 Å². The number of nitrogens with zero attached hydrogens (tertiary/aromatic N) is 3. The molecule has 0 saturated heterocycles. The van der Waals surface area contributed by atoms with Crippen molar-refractivity contribution in [3.63, 3.8) is 0 Å². The second-order valence-electron chi connectivity index (χ2n) is 5.51. The van der Waals surface area contributed by atoms with Gasteiger partial charge in [-0.15, -0.1) is 11.3 Å². The zero-order valence-corrected chi connectivity index (χ0v) is 14.2. The van der Waals surface area contributed by atoms with E-state index in [4.69, 9.17) is 4.98 Å². The fraction of sp³-hybridized carbons (Fsp3) is 0.500. The van der Waals surface area contributed by atoms with Crippen molar-refractivity contribution in [1.29, 1.82) is 0 Å². The van der Waals surface area contributed by atoms with Crippen molar-refractivity contribution in [2.45, 2.75) is 49.4 Å². The lowest BCUT2D eigenvalue weighted by Crippen LogP contribution is -2.18. The van der Waals surface area contributed by atoms with Crippen molar-refractivity contribution in [3.8, 4) is 0 Å². The third kappa shape index (κ3) is 3.49. The highest BCUT2D eigenvalue weighted by molar-refractivity contribution is 8.01. The summed E-state index contributed by atoms with van der Waals surface area (Å²) in [6, 6.07) is 0. The predicted molar refractivity (Wildman–Crippen MR) is 85.9 cm³/mol. The van der Waals surface area contributed by atoms with Crippen molar-refractivity contribution < 1.29 is 0 Å². The van der Waals surface area contributed by atoms with Crippen LogP contribution in [0.1, 0.15) is 39.1 Å². The monoisotopic (exact) mass is 308 g/mol. The van der Waals surface area contributed by atoms with E-state index < -0.39 is 0 Å². The van der Waals surface area contributed by atoms with Gasteiger partial charge in [-0.05, 0) is 25.6 Å². The molecule has 4 nitrogen and oxygen atoms in total. The molecule has 0 saturated carbocycles. The molecule has 2 aromatic heterocycles. The quantitative estimate of drug-likeness (QED) is 0.861. The fourth-order valence-electron chi connectivity index (χ4n) is 1.61. The molecule has 0 aliphatic carbocycles. The van der Waals surface area contributed by atoms with Crippen LogP contribution in [0.4, 0.5) is 5.82 Å². The summed E-state index contributed by atoms with van der Waals surface area (Å²) >= 11 is 3.24. The second-order valence-corrected chi connectivity index (χ2v) is 7.64. The Kier molecular flexibility index (Phi) is 4.65. The molecule has 0 radical (unpaired) electrons. The van der Waals surface area contributed by atoms with Gasteiger partial charge in [0.1, 0.15) is 16.7 Å². The van der Waals surface area contributed by atoms with Gasteiger partial charge in [0.05, 0.1) is 0 Å². The van der Waals surface area contributed by atoms with E-state index in [0.717, 1.165) is 33.1 Å². The highest BCUT2D eigenvalue weighted by Gasteiger charge is 2.21. The molecular formula is C14H20N4S2. The smallest absolute Gasteiger partial charge is 0.156 e. The maximum atomic E-state index is 4.74. The summed E-state index contributed by atoms with van der Waals surface area (Å²) in [6.07, 6.45) is 1.82. The van der Waals surface area contributed by atoms with Gasteiger partial charge in [-0.3, -0.25) is 0 Å². The van der Waals surface area contributed by atoms with Crippen LogP contribution < -0.4 is 5.32 Å². The molecule has 0 atom stereocenters. The summed E-state index contributed by atoms with van der Waals surface area (Å²) in [5.74, 6) is 1.78. The summed E-state index contributed by atoms with van der Waals surface area (Å²) in [5, 5.41) is 6.29. The van der Waals surface area contributed by atoms with Crippen LogP contribution in [0.2, 0.25) is 0 Å². The van der Waals surface area contributed by atoms with E-state index in [1.165, 1.54) is 0 Å². The van der Waals surface area contributed by atoms with Crippen molar-refractivity contribution in [3.05, 3.63) is 23.0 Å². The average Bonchev–Trinajstić information content (AvgIpc) is 2.86. The first-order chi connectivity index (χ1) is 9.41. The van der Waals surface area contributed by atoms with Crippen molar-refractivity contribution >= 4 is 28.9 Å². The largest absolute Gasteiger partial charge is 0.370 e. The second kappa shape index (κ2) is 6.10. The normalized spacial score (nSPS) is 11.7. The Morgan fingerprint density at radius 1 is 1.30 bits per heavy atom. The van der Waals surface area contributed by atoms with Crippen molar-refractivity contribution in [1.82, 2.24) is 15.0 Å². The van der Waals surface area contributed by atoms with Crippen LogP contribution in [0.5, 0.6) is 0 Å². The summed E-state index contributed by atoms with van der Waals surface area (Å²) in [6.45, 7) is 11.4. The summed E-state index contributed by atoms with van der Waals surface area (Å²) in [7, 11) is 0. The maximum Gasteiger partial charge on any atom is 0.156 e. The van der Waals surface area contributed by atoms with Gasteiger partial charge < -0.3 is 5.32 Å². The lowest BCUT2D eigenvalue weighted by Gasteiger charge is -2.20. The van der Waals surface area contributed by atoms with Crippen LogP contribution >= 0.6 is 23.1 Å². The first-order valence-electron chi connectivity index (χ1n) is 6.62. The van der Waals surface area contributed by atoms with E-state index in [0.29, 0.717) is 0 Å². The number of hydrogen-bond donors (Lipinski definition) is 1. The van der Waals surface area contributed by atoms with Crippen LogP contribution in [-0.2, 0) is 5.41 Å². The molecule has 0 fully saturated rings. The van der Waals surface area contributed by atoms with E-state index in [1.807, 2.05) is 11.6 Å². The Morgan fingerprint density at radius 3 is 2.60 bits per heavy atom. The van der Waals surface area contributed by atoms with E-state index in [1.54, 1.807) is 23.1 Å². The van der Waals surface area contributed by atoms with Gasteiger partial charge in [0, 0.05) is 29.1 Å². The molecule has 6 heteroatoms. The van der Waals surface area contributed by atoms with Gasteiger partial charge >= 0.3 is 0 Å². The fourth-order valence-corrected chi connectivity index (χ4v) is 3.23. The van der Waals surface area contributed by atoms with E-state index in [2.05, 4.69) is 49.9 Å². The van der Waals surface area contributed by atoms with Crippen molar-refractivity contribution in [2.75, 3.05) is 11.9 Å². The first-order valence-corrected chi connectivity index (χ1v) is 8.31. The topological polar surface area (TPSA) is 50.7 Å². The predicted octanol–water partition coefficient (Wildman–Crippen LogP) is 4.12. The van der Waals surface area contributed by atoms with E-state index in [-0.39, 0.29) is 5.41 Å². The third-order valence-corrected chi connectivity index (χ3v) is 4.68. The maximum absolute atomic E-state index is 4.74. The molecule has 2 heterocycles. The van der Waals surface area contributed by atoms with Gasteiger partial charge in [-0.25, -0.2) is 15.0 Å². The Hall–Kier alpha value is -1.14. The zero-order chi connectivity index (χ0) is 14.8. The molecule has 0 unspecified atom stereocenters. The summed E-state index contributed by atoms with van der Waals surface area (Å²) in [5.41, 5.74) is 1.01. The Bertz CT molecular complexity index is 574. The van der Waals surface area contributed by atoms with Crippen molar-refractivity contribution in [2.24, 2.45) is 0 Å². The van der Waals surface area contributed by atoms with Gasteiger partial charge in [-0.2, -0.15) is 0 Å². The standard InChI is InChI=1S/C14H20N4S2/c1-6-15-10-9(2)11(20-13-16-7-8-19-13)18-12(17-10)14(3,4)5/h7-8H,6H2,1-5H3,(H,15,17,18). The van der Waals surface area contributed by atoms with Crippen LogP contribution in [0.15, 0.2) is 20.9 Å². The molecule has 2 aromatic rings. The number of nitrogens with one attached hydrogen (secondary N) is 1. The number of rotatable bonds is 4. The highest BCUT2D eigenvalue weighted by atomic mass is 32.2. The molecule has 108 valence electrons. The lowest BCUT2D eigenvalue weighted by molar-refractivity contribution is 0.538.